The van der Waals surface area contributed by atoms with Gasteiger partial charge in [0.2, 0.25) is 5.82 Å². The molecule has 0 atom stereocenters. The van der Waals surface area contributed by atoms with Crippen molar-refractivity contribution in [3.8, 4) is 11.5 Å². The number of amides is 1. The number of ether oxygens (including phenoxy) is 2. The number of aromatic nitrogens is 4. The SMILES string of the molecule is CC(C)(C)OC(=O)N1CC(Cn2ncc3c(N4CC5(COC5)C4)nc(C#C[Si](C)(C)C)nc32)C1. The molecule has 34 heavy (non-hydrogen) atoms. The van der Waals surface area contributed by atoms with Crippen molar-refractivity contribution < 1.29 is 14.3 Å². The second-order valence-corrected chi connectivity index (χ2v) is 16.8. The summed E-state index contributed by atoms with van der Waals surface area (Å²) in [7, 11) is -1.57. The Labute approximate surface area is 201 Å². The van der Waals surface area contributed by atoms with Crippen molar-refractivity contribution in [2.24, 2.45) is 11.3 Å². The van der Waals surface area contributed by atoms with Crippen molar-refractivity contribution in [2.45, 2.75) is 52.6 Å². The summed E-state index contributed by atoms with van der Waals surface area (Å²) >= 11 is 0. The van der Waals surface area contributed by atoms with Crippen LogP contribution in [0.4, 0.5) is 10.6 Å². The number of rotatable bonds is 3. The molecule has 5 heterocycles. The van der Waals surface area contributed by atoms with Crippen molar-refractivity contribution in [1.82, 2.24) is 24.6 Å². The first-order chi connectivity index (χ1) is 15.9. The van der Waals surface area contributed by atoms with Crippen LogP contribution in [0.2, 0.25) is 19.6 Å². The molecule has 3 saturated heterocycles. The largest absolute Gasteiger partial charge is 0.444 e. The fraction of sp³-hybridized carbons (Fsp3) is 0.667. The van der Waals surface area contributed by atoms with Gasteiger partial charge in [-0.2, -0.15) is 5.10 Å². The lowest BCUT2D eigenvalue weighted by molar-refractivity contribution is -0.127. The predicted octanol–water partition coefficient (Wildman–Crippen LogP) is 2.76. The smallest absolute Gasteiger partial charge is 0.410 e. The van der Waals surface area contributed by atoms with Crippen molar-refractivity contribution in [3.05, 3.63) is 12.0 Å². The zero-order valence-corrected chi connectivity index (χ0v) is 22.0. The summed E-state index contributed by atoms with van der Waals surface area (Å²) < 4.78 is 12.9. The molecule has 10 heteroatoms. The van der Waals surface area contributed by atoms with E-state index >= 15 is 0 Å². The summed E-state index contributed by atoms with van der Waals surface area (Å²) in [6, 6.07) is 0. The average molecular weight is 483 g/mol. The second-order valence-electron chi connectivity index (χ2n) is 12.0. The van der Waals surface area contributed by atoms with Gasteiger partial charge in [0.05, 0.1) is 30.2 Å². The Morgan fingerprint density at radius 3 is 2.53 bits per heavy atom. The highest BCUT2D eigenvalue weighted by molar-refractivity contribution is 6.83. The van der Waals surface area contributed by atoms with E-state index in [-0.39, 0.29) is 11.5 Å². The number of nitrogens with zero attached hydrogens (tertiary/aromatic N) is 6. The zero-order chi connectivity index (χ0) is 24.3. The average Bonchev–Trinajstić information content (AvgIpc) is 3.01. The van der Waals surface area contributed by atoms with Crippen molar-refractivity contribution in [2.75, 3.05) is 44.3 Å². The van der Waals surface area contributed by atoms with Crippen molar-refractivity contribution >= 4 is 31.0 Å². The lowest BCUT2D eigenvalue weighted by Crippen LogP contribution is -2.66. The molecule has 3 fully saturated rings. The third-order valence-electron chi connectivity index (χ3n) is 6.23. The summed E-state index contributed by atoms with van der Waals surface area (Å²) in [5, 5.41) is 5.61. The molecule has 3 aliphatic rings. The highest BCUT2D eigenvalue weighted by Gasteiger charge is 2.50. The summed E-state index contributed by atoms with van der Waals surface area (Å²) in [5.74, 6) is 5.02. The summed E-state index contributed by atoms with van der Waals surface area (Å²) in [4.78, 5) is 26.0. The molecule has 1 amide bonds. The van der Waals surface area contributed by atoms with Gasteiger partial charge in [0.15, 0.2) is 5.65 Å². The van der Waals surface area contributed by atoms with Crippen LogP contribution in [0.5, 0.6) is 0 Å². The molecule has 5 rings (SSSR count). The van der Waals surface area contributed by atoms with E-state index in [1.807, 2.05) is 31.6 Å². The van der Waals surface area contributed by atoms with E-state index in [9.17, 15) is 4.79 Å². The lowest BCUT2D eigenvalue weighted by Gasteiger charge is -2.55. The molecular weight excluding hydrogens is 448 g/mol. The van der Waals surface area contributed by atoms with E-state index in [0.717, 1.165) is 43.2 Å². The predicted molar refractivity (Wildman–Crippen MR) is 132 cm³/mol. The number of hydrogen-bond acceptors (Lipinski definition) is 7. The van der Waals surface area contributed by atoms with Crippen LogP contribution in [0.15, 0.2) is 6.20 Å². The molecule has 0 unspecified atom stereocenters. The van der Waals surface area contributed by atoms with Gasteiger partial charge in [-0.05, 0) is 26.7 Å². The molecule has 2 aromatic heterocycles. The first-order valence-corrected chi connectivity index (χ1v) is 15.5. The van der Waals surface area contributed by atoms with Gasteiger partial charge in [-0.25, -0.2) is 19.4 Å². The number of hydrogen-bond donors (Lipinski definition) is 0. The molecule has 1 spiro atoms. The molecule has 9 nitrogen and oxygen atoms in total. The van der Waals surface area contributed by atoms with Crippen LogP contribution in [0.3, 0.4) is 0 Å². The maximum absolute atomic E-state index is 12.3. The van der Waals surface area contributed by atoms with Crippen molar-refractivity contribution in [3.63, 3.8) is 0 Å². The van der Waals surface area contributed by atoms with E-state index in [4.69, 9.17) is 19.4 Å². The quantitative estimate of drug-likeness (QED) is 0.491. The molecule has 182 valence electrons. The highest BCUT2D eigenvalue weighted by atomic mass is 28.3. The minimum Gasteiger partial charge on any atom is -0.444 e. The maximum atomic E-state index is 12.3. The molecule has 2 aromatic rings. The number of fused-ring (bicyclic) bond motifs is 1. The number of anilines is 1. The molecule has 3 aliphatic heterocycles. The third kappa shape index (κ3) is 4.64. The van der Waals surface area contributed by atoms with Gasteiger partial charge >= 0.3 is 6.09 Å². The van der Waals surface area contributed by atoms with Crippen LogP contribution in [0, 0.1) is 22.8 Å². The molecule has 0 aromatic carbocycles. The Bertz CT molecular complexity index is 1170. The normalized spacial score (nSPS) is 19.8. The first-order valence-electron chi connectivity index (χ1n) is 12.0. The minimum absolute atomic E-state index is 0.255. The van der Waals surface area contributed by atoms with Crippen molar-refractivity contribution in [1.29, 1.82) is 0 Å². The Hall–Kier alpha value is -2.64. The molecule has 0 N–H and O–H groups in total. The van der Waals surface area contributed by atoms with E-state index in [1.165, 1.54) is 0 Å². The van der Waals surface area contributed by atoms with Crippen LogP contribution in [-0.4, -0.2) is 83.8 Å². The second kappa shape index (κ2) is 7.95. The van der Waals surface area contributed by atoms with E-state index < -0.39 is 13.7 Å². The van der Waals surface area contributed by atoms with Gasteiger partial charge < -0.3 is 19.3 Å². The highest BCUT2D eigenvalue weighted by Crippen LogP contribution is 2.41. The van der Waals surface area contributed by atoms with Gasteiger partial charge in [-0.3, -0.25) is 0 Å². The molecule has 0 bridgehead atoms. The summed E-state index contributed by atoms with van der Waals surface area (Å²) in [6.45, 7) is 17.9. The monoisotopic (exact) mass is 482 g/mol. The summed E-state index contributed by atoms with van der Waals surface area (Å²) in [5.41, 5.74) is 4.01. The van der Waals surface area contributed by atoms with E-state index in [2.05, 4.69) is 41.1 Å². The third-order valence-corrected chi connectivity index (χ3v) is 7.11. The number of carbonyl (C=O) groups excluding carboxylic acids is 1. The van der Waals surface area contributed by atoms with Crippen LogP contribution in [-0.2, 0) is 16.0 Å². The topological polar surface area (TPSA) is 85.6 Å². The van der Waals surface area contributed by atoms with Crippen LogP contribution in [0.25, 0.3) is 11.0 Å². The number of carbonyl (C=O) groups is 1. The molecular formula is C24H34N6O3Si. The van der Waals surface area contributed by atoms with Gasteiger partial charge in [0.1, 0.15) is 19.5 Å². The van der Waals surface area contributed by atoms with Gasteiger partial charge in [0.25, 0.3) is 0 Å². The molecule has 0 saturated carbocycles. The van der Waals surface area contributed by atoms with Gasteiger partial charge in [0, 0.05) is 38.6 Å². The van der Waals surface area contributed by atoms with E-state index in [1.54, 1.807) is 4.90 Å². The standard InChI is InChI=1S/C24H34N6O3Si/c1-23(2,3)33-22(31)28-10-17(11-28)12-30-21-18(9-25-30)20(29-13-24(14-29)15-32-16-24)26-19(27-21)7-8-34(4,5)6/h9,17H,10-16H2,1-6H3. The molecule has 0 radical (unpaired) electrons. The zero-order valence-electron chi connectivity index (χ0n) is 21.0. The molecule has 0 aliphatic carbocycles. The first kappa shape index (κ1) is 23.1. The number of likely N-dealkylation sites (tertiary alicyclic amines) is 1. The fourth-order valence-corrected chi connectivity index (χ4v) is 4.99. The lowest BCUT2D eigenvalue weighted by atomic mass is 9.78. The van der Waals surface area contributed by atoms with Gasteiger partial charge in [-0.1, -0.05) is 19.6 Å². The maximum Gasteiger partial charge on any atom is 0.410 e. The fourth-order valence-electron chi connectivity index (χ4n) is 4.51. The van der Waals surface area contributed by atoms with Crippen LogP contribution >= 0.6 is 0 Å². The summed E-state index contributed by atoms with van der Waals surface area (Å²) in [6.07, 6.45) is 1.61. The van der Waals surface area contributed by atoms with Gasteiger partial charge in [-0.15, -0.1) is 5.54 Å². The Morgan fingerprint density at radius 1 is 1.24 bits per heavy atom. The Balaban J connectivity index is 1.36. The minimum atomic E-state index is -1.57. The van der Waals surface area contributed by atoms with Crippen LogP contribution < -0.4 is 4.90 Å². The van der Waals surface area contributed by atoms with Crippen LogP contribution in [0.1, 0.15) is 26.6 Å². The Morgan fingerprint density at radius 2 is 1.94 bits per heavy atom. The van der Waals surface area contributed by atoms with E-state index in [0.29, 0.717) is 31.4 Å². The Kier molecular flexibility index (Phi) is 5.41.